The minimum Gasteiger partial charge on any atom is -0.493 e. The van der Waals surface area contributed by atoms with Gasteiger partial charge in [0.25, 0.3) is 0 Å². The largest absolute Gasteiger partial charge is 0.493 e. The Bertz CT molecular complexity index is 692. The fourth-order valence-corrected chi connectivity index (χ4v) is 5.63. The highest BCUT2D eigenvalue weighted by Crippen LogP contribution is 2.25. The van der Waals surface area contributed by atoms with E-state index in [4.69, 9.17) is 9.47 Å². The maximum atomic E-state index is 9.27. The summed E-state index contributed by atoms with van der Waals surface area (Å²) in [7, 11) is 0. The molecular formula is C37H69NO4. The molecule has 0 atom stereocenters. The standard InChI is InChI=1S/C37H69NO4/c1-3-5-7-9-11-13-14-15-16-17-18-20-22-24-35-32-36(41-30-23-21-19-12-10-8-6-4-2)34-37(33-35)42-31-27-38(25-28-39)26-29-40/h32-34,39-40H,3-31H2,1-2H3. The summed E-state index contributed by atoms with van der Waals surface area (Å²) in [6.45, 7) is 7.80. The summed E-state index contributed by atoms with van der Waals surface area (Å²) in [4.78, 5) is 2.02. The zero-order valence-electron chi connectivity index (χ0n) is 27.9. The van der Waals surface area contributed by atoms with Gasteiger partial charge in [0.2, 0.25) is 0 Å². The highest BCUT2D eigenvalue weighted by Gasteiger charge is 2.07. The molecule has 0 radical (unpaired) electrons. The molecule has 0 saturated heterocycles. The van der Waals surface area contributed by atoms with Gasteiger partial charge in [-0.15, -0.1) is 0 Å². The number of aryl methyl sites for hydroxylation is 1. The predicted octanol–water partition coefficient (Wildman–Crippen LogP) is 9.51. The number of hydrogen-bond donors (Lipinski definition) is 2. The molecule has 0 aliphatic heterocycles. The quantitative estimate of drug-likeness (QED) is 0.0817. The monoisotopic (exact) mass is 592 g/mol. The summed E-state index contributed by atoms with van der Waals surface area (Å²) < 4.78 is 12.3. The van der Waals surface area contributed by atoms with Gasteiger partial charge in [-0.05, 0) is 37.0 Å². The zero-order chi connectivity index (χ0) is 30.4. The van der Waals surface area contributed by atoms with Crippen LogP contribution in [0.5, 0.6) is 11.5 Å². The van der Waals surface area contributed by atoms with Gasteiger partial charge in [-0.1, -0.05) is 136 Å². The van der Waals surface area contributed by atoms with E-state index in [1.54, 1.807) is 0 Å². The summed E-state index contributed by atoms with van der Waals surface area (Å²) in [6.07, 6.45) is 29.3. The van der Waals surface area contributed by atoms with E-state index in [9.17, 15) is 10.2 Å². The Morgan fingerprint density at radius 3 is 1.33 bits per heavy atom. The molecule has 1 rings (SSSR count). The Kier molecular flexibility index (Phi) is 27.4. The topological polar surface area (TPSA) is 62.2 Å². The van der Waals surface area contributed by atoms with Crippen LogP contribution in [0.4, 0.5) is 0 Å². The highest BCUT2D eigenvalue weighted by atomic mass is 16.5. The van der Waals surface area contributed by atoms with Gasteiger partial charge in [0.15, 0.2) is 0 Å². The molecule has 0 aliphatic rings. The second-order valence-electron chi connectivity index (χ2n) is 12.3. The first-order valence-corrected chi connectivity index (χ1v) is 18.1. The summed E-state index contributed by atoms with van der Waals surface area (Å²) in [5, 5.41) is 18.5. The van der Waals surface area contributed by atoms with Crippen LogP contribution >= 0.6 is 0 Å². The highest BCUT2D eigenvalue weighted by molar-refractivity contribution is 5.38. The molecule has 5 heteroatoms. The van der Waals surface area contributed by atoms with Crippen molar-refractivity contribution in [1.29, 1.82) is 0 Å². The SMILES string of the molecule is CCCCCCCCCCCCCCCc1cc(OCCCCCCCCCC)cc(OCCN(CCO)CCO)c1. The second kappa shape index (κ2) is 29.8. The second-order valence-corrected chi connectivity index (χ2v) is 12.3. The molecule has 0 fully saturated rings. The Hall–Kier alpha value is -1.30. The number of nitrogens with zero attached hydrogens (tertiary/aromatic N) is 1. The maximum Gasteiger partial charge on any atom is 0.123 e. The number of ether oxygens (including phenoxy) is 2. The van der Waals surface area contributed by atoms with Crippen LogP contribution in [0.2, 0.25) is 0 Å². The third kappa shape index (κ3) is 23.2. The first-order valence-electron chi connectivity index (χ1n) is 18.1. The number of benzene rings is 1. The summed E-state index contributed by atoms with van der Waals surface area (Å²) in [5.41, 5.74) is 1.30. The van der Waals surface area contributed by atoms with E-state index in [2.05, 4.69) is 26.0 Å². The normalized spacial score (nSPS) is 11.5. The van der Waals surface area contributed by atoms with Crippen molar-refractivity contribution in [3.63, 3.8) is 0 Å². The molecule has 0 heterocycles. The lowest BCUT2D eigenvalue weighted by molar-refractivity contribution is 0.141. The van der Waals surface area contributed by atoms with Crippen molar-refractivity contribution in [3.8, 4) is 11.5 Å². The fraction of sp³-hybridized carbons (Fsp3) is 0.838. The Labute approximate surface area is 260 Å². The van der Waals surface area contributed by atoms with Crippen molar-refractivity contribution in [1.82, 2.24) is 4.90 Å². The van der Waals surface area contributed by atoms with Gasteiger partial charge in [-0.2, -0.15) is 0 Å². The van der Waals surface area contributed by atoms with E-state index in [0.29, 0.717) is 26.2 Å². The molecule has 0 aromatic heterocycles. The van der Waals surface area contributed by atoms with E-state index < -0.39 is 0 Å². The fourth-order valence-electron chi connectivity index (χ4n) is 5.63. The Morgan fingerprint density at radius 1 is 0.476 bits per heavy atom. The van der Waals surface area contributed by atoms with Crippen molar-refractivity contribution >= 4 is 0 Å². The third-order valence-electron chi connectivity index (χ3n) is 8.28. The van der Waals surface area contributed by atoms with Crippen LogP contribution in [-0.4, -0.2) is 61.2 Å². The van der Waals surface area contributed by atoms with Gasteiger partial charge in [-0.25, -0.2) is 0 Å². The van der Waals surface area contributed by atoms with Crippen LogP contribution in [0.25, 0.3) is 0 Å². The molecule has 0 aliphatic carbocycles. The lowest BCUT2D eigenvalue weighted by Crippen LogP contribution is -2.33. The van der Waals surface area contributed by atoms with Crippen molar-refractivity contribution in [3.05, 3.63) is 23.8 Å². The molecule has 0 saturated carbocycles. The van der Waals surface area contributed by atoms with Crippen molar-refractivity contribution < 1.29 is 19.7 Å². The molecule has 0 unspecified atom stereocenters. The van der Waals surface area contributed by atoms with Gasteiger partial charge in [0.05, 0.1) is 19.8 Å². The molecule has 2 N–H and O–H groups in total. The third-order valence-corrected chi connectivity index (χ3v) is 8.28. The van der Waals surface area contributed by atoms with Gasteiger partial charge in [-0.3, -0.25) is 4.90 Å². The maximum absolute atomic E-state index is 9.27. The van der Waals surface area contributed by atoms with Gasteiger partial charge in [0.1, 0.15) is 18.1 Å². The molecular weight excluding hydrogens is 522 g/mol. The molecule has 0 spiro atoms. The van der Waals surface area contributed by atoms with E-state index in [1.807, 2.05) is 11.0 Å². The molecule has 0 bridgehead atoms. The number of unbranched alkanes of at least 4 members (excludes halogenated alkanes) is 19. The van der Waals surface area contributed by atoms with Crippen LogP contribution < -0.4 is 9.47 Å². The molecule has 246 valence electrons. The molecule has 42 heavy (non-hydrogen) atoms. The van der Waals surface area contributed by atoms with E-state index in [-0.39, 0.29) is 13.2 Å². The molecule has 5 nitrogen and oxygen atoms in total. The van der Waals surface area contributed by atoms with Gasteiger partial charge >= 0.3 is 0 Å². The minimum atomic E-state index is 0.0886. The smallest absolute Gasteiger partial charge is 0.123 e. The number of aliphatic hydroxyl groups excluding tert-OH is 2. The van der Waals surface area contributed by atoms with Gasteiger partial charge < -0.3 is 19.7 Å². The first-order chi connectivity index (χ1) is 20.7. The van der Waals surface area contributed by atoms with Crippen LogP contribution in [0.1, 0.15) is 154 Å². The lowest BCUT2D eigenvalue weighted by atomic mass is 10.0. The van der Waals surface area contributed by atoms with E-state index in [0.717, 1.165) is 30.9 Å². The number of rotatable bonds is 32. The zero-order valence-corrected chi connectivity index (χ0v) is 27.9. The molecule has 1 aromatic rings. The van der Waals surface area contributed by atoms with Crippen LogP contribution in [0, 0.1) is 0 Å². The Morgan fingerprint density at radius 2 is 0.881 bits per heavy atom. The van der Waals surface area contributed by atoms with Crippen molar-refractivity contribution in [2.24, 2.45) is 0 Å². The molecule has 0 amide bonds. The van der Waals surface area contributed by atoms with Gasteiger partial charge in [0, 0.05) is 25.7 Å². The Balaban J connectivity index is 2.40. The first kappa shape index (κ1) is 38.7. The van der Waals surface area contributed by atoms with E-state index in [1.165, 1.54) is 134 Å². The number of hydrogen-bond acceptors (Lipinski definition) is 5. The summed E-state index contributed by atoms with van der Waals surface area (Å²) >= 11 is 0. The van der Waals surface area contributed by atoms with Crippen molar-refractivity contribution in [2.75, 3.05) is 46.1 Å². The van der Waals surface area contributed by atoms with Crippen molar-refractivity contribution in [2.45, 2.75) is 155 Å². The number of aliphatic hydroxyl groups is 2. The molecule has 1 aromatic carbocycles. The predicted molar refractivity (Wildman–Crippen MR) is 180 cm³/mol. The summed E-state index contributed by atoms with van der Waals surface area (Å²) in [6, 6.07) is 6.41. The van der Waals surface area contributed by atoms with E-state index >= 15 is 0 Å². The van der Waals surface area contributed by atoms with Crippen LogP contribution in [-0.2, 0) is 6.42 Å². The average Bonchev–Trinajstić information content (AvgIpc) is 2.99. The average molecular weight is 592 g/mol. The van der Waals surface area contributed by atoms with Crippen LogP contribution in [0.3, 0.4) is 0 Å². The summed E-state index contributed by atoms with van der Waals surface area (Å²) in [5.74, 6) is 1.78. The minimum absolute atomic E-state index is 0.0886. The van der Waals surface area contributed by atoms with Crippen LogP contribution in [0.15, 0.2) is 18.2 Å². The lowest BCUT2D eigenvalue weighted by Gasteiger charge is -2.20.